The third-order valence-corrected chi connectivity index (χ3v) is 6.20. The van der Waals surface area contributed by atoms with Gasteiger partial charge in [0.2, 0.25) is 0 Å². The molecule has 4 aliphatic rings. The van der Waals surface area contributed by atoms with Crippen LogP contribution in [-0.4, -0.2) is 0 Å². The van der Waals surface area contributed by atoms with Crippen LogP contribution < -0.4 is 0 Å². The highest BCUT2D eigenvalue weighted by Crippen LogP contribution is 2.89. The van der Waals surface area contributed by atoms with Gasteiger partial charge in [0.15, 0.2) is 0 Å². The van der Waals surface area contributed by atoms with E-state index < -0.39 is 0 Å². The molecule has 0 heteroatoms. The molecule has 0 amide bonds. The quantitative estimate of drug-likeness (QED) is 0.506. The lowest BCUT2D eigenvalue weighted by Crippen LogP contribution is -2.78. The Morgan fingerprint density at radius 3 is 1.43 bits per heavy atom. The minimum Gasteiger partial charge on any atom is -0.0995 e. The second-order valence-electron chi connectivity index (χ2n) is 6.08. The van der Waals surface area contributed by atoms with Crippen molar-refractivity contribution in [3.05, 3.63) is 24.3 Å². The molecule has 4 saturated carbocycles. The summed E-state index contributed by atoms with van der Waals surface area (Å²) in [6.07, 6.45) is 8.47. The van der Waals surface area contributed by atoms with Gasteiger partial charge in [-0.15, -0.1) is 0 Å². The van der Waals surface area contributed by atoms with Crippen molar-refractivity contribution in [2.24, 2.45) is 22.7 Å². The first-order chi connectivity index (χ1) is 6.71. The lowest BCUT2D eigenvalue weighted by molar-refractivity contribution is -0.337. The monoisotopic (exact) mass is 186 g/mol. The largest absolute Gasteiger partial charge is 0.0995 e. The van der Waals surface area contributed by atoms with Gasteiger partial charge in [0, 0.05) is 0 Å². The zero-order valence-electron chi connectivity index (χ0n) is 8.81. The van der Waals surface area contributed by atoms with Crippen molar-refractivity contribution in [3.63, 3.8) is 0 Å². The van der Waals surface area contributed by atoms with Crippen LogP contribution in [-0.2, 0) is 0 Å². The van der Waals surface area contributed by atoms with Crippen LogP contribution in [0.4, 0.5) is 0 Å². The fourth-order valence-corrected chi connectivity index (χ4v) is 5.45. The Balaban J connectivity index is 1.82. The second-order valence-corrected chi connectivity index (χ2v) is 6.08. The zero-order chi connectivity index (χ0) is 9.55. The predicted molar refractivity (Wildman–Crippen MR) is 57.8 cm³/mol. The Morgan fingerprint density at radius 1 is 0.786 bits per heavy atom. The second kappa shape index (κ2) is 1.89. The van der Waals surface area contributed by atoms with Crippen LogP contribution >= 0.6 is 0 Å². The van der Waals surface area contributed by atoms with Gasteiger partial charge >= 0.3 is 0 Å². The summed E-state index contributed by atoms with van der Waals surface area (Å²) in [6.45, 7) is 8.64. The van der Waals surface area contributed by atoms with Crippen molar-refractivity contribution in [2.75, 3.05) is 0 Å². The summed E-state index contributed by atoms with van der Waals surface area (Å²) in [7, 11) is 0. The third-order valence-electron chi connectivity index (χ3n) is 6.20. The van der Waals surface area contributed by atoms with Crippen molar-refractivity contribution in [3.8, 4) is 0 Å². The smallest absolute Gasteiger partial charge is 0.00726 e. The van der Waals surface area contributed by atoms with E-state index in [9.17, 15) is 0 Å². The number of hydrogen-bond acceptors (Lipinski definition) is 0. The van der Waals surface area contributed by atoms with E-state index in [1.165, 1.54) is 38.5 Å². The maximum atomic E-state index is 4.32. The Kier molecular flexibility index (Phi) is 1.05. The van der Waals surface area contributed by atoms with E-state index in [1.54, 1.807) is 11.1 Å². The summed E-state index contributed by atoms with van der Waals surface area (Å²) in [4.78, 5) is 0. The normalized spacial score (nSPS) is 58.6. The molecule has 4 aliphatic carbocycles. The molecule has 0 radical (unpaired) electrons. The van der Waals surface area contributed by atoms with Crippen LogP contribution in [0, 0.1) is 22.7 Å². The maximum Gasteiger partial charge on any atom is -0.00726 e. The Bertz CT molecular complexity index is 316. The van der Waals surface area contributed by atoms with Gasteiger partial charge in [-0.2, -0.15) is 0 Å². The Labute approximate surface area is 86.1 Å². The highest BCUT2D eigenvalue weighted by atomic mass is 14.8. The van der Waals surface area contributed by atoms with Gasteiger partial charge in [-0.1, -0.05) is 24.3 Å². The SMILES string of the molecule is C=C1CCC(=C)C2C1C13CCC21CC3. The molecule has 0 aliphatic heterocycles. The van der Waals surface area contributed by atoms with Crippen LogP contribution in [0.25, 0.3) is 0 Å². The molecule has 14 heavy (non-hydrogen) atoms. The lowest BCUT2D eigenvalue weighted by atomic mass is 9.18. The lowest BCUT2D eigenvalue weighted by Gasteiger charge is -2.85. The molecule has 0 aromatic heterocycles. The van der Waals surface area contributed by atoms with Crippen molar-refractivity contribution in [1.29, 1.82) is 0 Å². The molecule has 0 nitrogen and oxygen atoms in total. The highest BCUT2D eigenvalue weighted by Gasteiger charge is 2.81. The van der Waals surface area contributed by atoms with Gasteiger partial charge < -0.3 is 0 Å². The van der Waals surface area contributed by atoms with Crippen molar-refractivity contribution in [1.82, 2.24) is 0 Å². The van der Waals surface area contributed by atoms with Crippen LogP contribution in [0.3, 0.4) is 0 Å². The molecular weight excluding hydrogens is 168 g/mol. The van der Waals surface area contributed by atoms with Crippen LogP contribution in [0.15, 0.2) is 24.3 Å². The summed E-state index contributed by atoms with van der Waals surface area (Å²) < 4.78 is 0. The molecule has 0 heterocycles. The van der Waals surface area contributed by atoms with Crippen LogP contribution in [0.5, 0.6) is 0 Å². The Morgan fingerprint density at radius 2 is 1.14 bits per heavy atom. The molecule has 0 saturated heterocycles. The maximum absolute atomic E-state index is 4.32. The first-order valence-corrected chi connectivity index (χ1v) is 6.07. The summed E-state index contributed by atoms with van der Waals surface area (Å²) in [5, 5.41) is 0. The van der Waals surface area contributed by atoms with Gasteiger partial charge in [-0.05, 0) is 61.2 Å². The van der Waals surface area contributed by atoms with E-state index in [1.807, 2.05) is 0 Å². The first-order valence-electron chi connectivity index (χ1n) is 6.07. The molecule has 0 aromatic carbocycles. The molecule has 74 valence electrons. The molecule has 4 fully saturated rings. The molecule has 0 bridgehead atoms. The average Bonchev–Trinajstić information content (AvgIpc) is 2.22. The highest BCUT2D eigenvalue weighted by molar-refractivity contribution is 5.42. The van der Waals surface area contributed by atoms with Crippen LogP contribution in [0.2, 0.25) is 0 Å². The van der Waals surface area contributed by atoms with E-state index in [0.717, 1.165) is 22.7 Å². The zero-order valence-corrected chi connectivity index (χ0v) is 8.81. The van der Waals surface area contributed by atoms with E-state index >= 15 is 0 Å². The standard InChI is InChI=1S/C14H18/c1-9-3-4-10(2)12-11(9)13-5-7-14(12,13)8-6-13/h11-12H,1-8H2. The molecule has 2 unspecified atom stereocenters. The minimum absolute atomic E-state index is 0.762. The number of rotatable bonds is 0. The average molecular weight is 186 g/mol. The Hall–Kier alpha value is -0.520. The summed E-state index contributed by atoms with van der Waals surface area (Å²) in [5.74, 6) is 1.73. The number of fused-ring (bicyclic) bond motifs is 1. The summed E-state index contributed by atoms with van der Waals surface area (Å²) in [6, 6.07) is 0. The van der Waals surface area contributed by atoms with Gasteiger partial charge in [-0.3, -0.25) is 0 Å². The summed E-state index contributed by atoms with van der Waals surface area (Å²) >= 11 is 0. The van der Waals surface area contributed by atoms with Gasteiger partial charge in [0.05, 0.1) is 0 Å². The molecular formula is C14H18. The van der Waals surface area contributed by atoms with E-state index in [-0.39, 0.29) is 0 Å². The van der Waals surface area contributed by atoms with Crippen LogP contribution in [0.1, 0.15) is 38.5 Å². The van der Waals surface area contributed by atoms with E-state index in [2.05, 4.69) is 13.2 Å². The van der Waals surface area contributed by atoms with Crippen molar-refractivity contribution in [2.45, 2.75) is 38.5 Å². The van der Waals surface area contributed by atoms with Gasteiger partial charge in [0.1, 0.15) is 0 Å². The number of allylic oxidation sites excluding steroid dienone is 2. The fourth-order valence-electron chi connectivity index (χ4n) is 5.45. The molecule has 0 N–H and O–H groups in total. The number of hydrogen-bond donors (Lipinski definition) is 0. The molecule has 2 atom stereocenters. The molecule has 4 rings (SSSR count). The van der Waals surface area contributed by atoms with E-state index in [4.69, 9.17) is 0 Å². The topological polar surface area (TPSA) is 0 Å². The first kappa shape index (κ1) is 7.73. The molecule has 0 aromatic rings. The van der Waals surface area contributed by atoms with Gasteiger partial charge in [0.25, 0.3) is 0 Å². The third kappa shape index (κ3) is 0.476. The predicted octanol–water partition coefficient (Wildman–Crippen LogP) is 3.70. The van der Waals surface area contributed by atoms with Gasteiger partial charge in [-0.25, -0.2) is 0 Å². The summed E-state index contributed by atoms with van der Waals surface area (Å²) in [5.41, 5.74) is 4.66. The van der Waals surface area contributed by atoms with E-state index in [0.29, 0.717) is 0 Å². The molecule has 0 spiro atoms. The van der Waals surface area contributed by atoms with Crippen molar-refractivity contribution >= 4 is 0 Å². The fraction of sp³-hybridized carbons (Fsp3) is 0.714. The van der Waals surface area contributed by atoms with Crippen molar-refractivity contribution < 1.29 is 0 Å². The minimum atomic E-state index is 0.762.